The van der Waals surface area contributed by atoms with Gasteiger partial charge in [-0.25, -0.2) is 0 Å². The van der Waals surface area contributed by atoms with Crippen LogP contribution in [0.1, 0.15) is 16.7 Å². The number of carbonyl (C=O) groups is 1. The van der Waals surface area contributed by atoms with E-state index in [9.17, 15) is 4.79 Å². The number of anilines is 1. The molecule has 1 heterocycles. The van der Waals surface area contributed by atoms with E-state index in [1.54, 1.807) is 11.8 Å². The summed E-state index contributed by atoms with van der Waals surface area (Å²) in [5.41, 5.74) is 4.37. The van der Waals surface area contributed by atoms with Gasteiger partial charge in [0, 0.05) is 11.4 Å². The van der Waals surface area contributed by atoms with Crippen LogP contribution >= 0.6 is 34.9 Å². The Labute approximate surface area is 165 Å². The molecule has 134 valence electrons. The van der Waals surface area contributed by atoms with E-state index >= 15 is 0 Å². The highest BCUT2D eigenvalue weighted by Crippen LogP contribution is 2.30. The van der Waals surface area contributed by atoms with Crippen LogP contribution in [0.5, 0.6) is 0 Å². The normalized spacial score (nSPS) is 10.7. The summed E-state index contributed by atoms with van der Waals surface area (Å²) in [5.74, 6) is 1.16. The van der Waals surface area contributed by atoms with Crippen LogP contribution in [-0.2, 0) is 10.5 Å². The van der Waals surface area contributed by atoms with E-state index in [-0.39, 0.29) is 5.91 Å². The minimum Gasteiger partial charge on any atom is -0.325 e. The lowest BCUT2D eigenvalue weighted by atomic mass is 10.1. The molecule has 3 aromatic rings. The number of hydrogen-bond acceptors (Lipinski definition) is 6. The number of amides is 1. The molecular formula is C19H19N3OS3. The van der Waals surface area contributed by atoms with Crippen molar-refractivity contribution in [3.63, 3.8) is 0 Å². The Kier molecular flexibility index (Phi) is 6.71. The molecule has 0 atom stereocenters. The van der Waals surface area contributed by atoms with Crippen molar-refractivity contribution in [2.45, 2.75) is 28.3 Å². The van der Waals surface area contributed by atoms with Gasteiger partial charge in [0.05, 0.1) is 5.75 Å². The average Bonchev–Trinajstić information content (AvgIpc) is 3.09. The Morgan fingerprint density at radius 1 is 1.04 bits per heavy atom. The van der Waals surface area contributed by atoms with Crippen LogP contribution in [0, 0.1) is 13.8 Å². The Morgan fingerprint density at radius 2 is 1.77 bits per heavy atom. The lowest BCUT2D eigenvalue weighted by Crippen LogP contribution is -2.14. The van der Waals surface area contributed by atoms with Crippen LogP contribution < -0.4 is 5.32 Å². The molecule has 4 nitrogen and oxygen atoms in total. The topological polar surface area (TPSA) is 54.9 Å². The molecule has 0 unspecified atom stereocenters. The van der Waals surface area contributed by atoms with Gasteiger partial charge >= 0.3 is 0 Å². The first-order valence-corrected chi connectivity index (χ1v) is 10.9. The highest BCUT2D eigenvalue weighted by Gasteiger charge is 2.10. The zero-order chi connectivity index (χ0) is 18.4. The maximum atomic E-state index is 12.2. The van der Waals surface area contributed by atoms with Crippen molar-refractivity contribution >= 4 is 46.5 Å². The first-order valence-electron chi connectivity index (χ1n) is 8.10. The molecule has 0 aliphatic rings. The smallest absolute Gasteiger partial charge is 0.234 e. The fourth-order valence-electron chi connectivity index (χ4n) is 2.30. The van der Waals surface area contributed by atoms with Crippen molar-refractivity contribution in [3.05, 3.63) is 65.2 Å². The van der Waals surface area contributed by atoms with E-state index in [1.807, 2.05) is 44.2 Å². The molecule has 0 aliphatic carbocycles. The van der Waals surface area contributed by atoms with Crippen molar-refractivity contribution in [3.8, 4) is 0 Å². The molecule has 7 heteroatoms. The molecule has 0 radical (unpaired) electrons. The Balaban J connectivity index is 1.47. The Hall–Kier alpha value is -1.83. The third-order valence-corrected chi connectivity index (χ3v) is 6.84. The summed E-state index contributed by atoms with van der Waals surface area (Å²) in [5, 5.41) is 11.3. The third-order valence-electron chi connectivity index (χ3n) is 3.58. The molecule has 1 amide bonds. The Morgan fingerprint density at radius 3 is 2.50 bits per heavy atom. The van der Waals surface area contributed by atoms with Gasteiger partial charge < -0.3 is 5.32 Å². The van der Waals surface area contributed by atoms with Gasteiger partial charge in [-0.3, -0.25) is 4.79 Å². The molecular weight excluding hydrogens is 382 g/mol. The number of nitrogens with zero attached hydrogens (tertiary/aromatic N) is 2. The SMILES string of the molecule is Cc1ccc(NC(=O)CSc2nnc(SCc3ccccc3)s2)c(C)c1. The van der Waals surface area contributed by atoms with Crippen molar-refractivity contribution in [1.82, 2.24) is 10.2 Å². The molecule has 2 aromatic carbocycles. The molecule has 26 heavy (non-hydrogen) atoms. The number of aryl methyl sites for hydroxylation is 2. The number of hydrogen-bond donors (Lipinski definition) is 1. The van der Waals surface area contributed by atoms with E-state index in [0.29, 0.717) is 5.75 Å². The van der Waals surface area contributed by atoms with Gasteiger partial charge in [-0.2, -0.15) is 0 Å². The number of rotatable bonds is 7. The van der Waals surface area contributed by atoms with Crippen molar-refractivity contribution < 1.29 is 4.79 Å². The molecule has 0 aliphatic heterocycles. The first kappa shape index (κ1) is 18.9. The fourth-order valence-corrected chi connectivity index (χ4v) is 5.08. The molecule has 0 bridgehead atoms. The summed E-state index contributed by atoms with van der Waals surface area (Å²) in [7, 11) is 0. The molecule has 0 saturated carbocycles. The van der Waals surface area contributed by atoms with Crippen LogP contribution in [0.3, 0.4) is 0 Å². The standard InChI is InChI=1S/C19H19N3OS3/c1-13-8-9-16(14(2)10-13)20-17(23)12-25-19-22-21-18(26-19)24-11-15-6-4-3-5-7-15/h3-10H,11-12H2,1-2H3,(H,20,23). The second-order valence-electron chi connectivity index (χ2n) is 5.76. The van der Waals surface area contributed by atoms with Crippen LogP contribution in [-0.4, -0.2) is 21.9 Å². The number of aromatic nitrogens is 2. The number of carbonyl (C=O) groups excluding carboxylic acids is 1. The molecule has 1 N–H and O–H groups in total. The van der Waals surface area contributed by atoms with Gasteiger partial charge in [0.25, 0.3) is 0 Å². The lowest BCUT2D eigenvalue weighted by molar-refractivity contribution is -0.113. The highest BCUT2D eigenvalue weighted by molar-refractivity contribution is 8.03. The second kappa shape index (κ2) is 9.21. The molecule has 0 saturated heterocycles. The van der Waals surface area contributed by atoms with Gasteiger partial charge in [0.15, 0.2) is 8.68 Å². The van der Waals surface area contributed by atoms with Gasteiger partial charge in [-0.05, 0) is 31.0 Å². The second-order valence-corrected chi connectivity index (χ2v) is 9.19. The molecule has 3 rings (SSSR count). The predicted molar refractivity (Wildman–Crippen MR) is 111 cm³/mol. The van der Waals surface area contributed by atoms with Crippen molar-refractivity contribution in [1.29, 1.82) is 0 Å². The van der Waals surface area contributed by atoms with E-state index < -0.39 is 0 Å². The summed E-state index contributed by atoms with van der Waals surface area (Å²) in [6.45, 7) is 4.04. The lowest BCUT2D eigenvalue weighted by Gasteiger charge is -2.08. The van der Waals surface area contributed by atoms with Gasteiger partial charge in [-0.15, -0.1) is 10.2 Å². The highest BCUT2D eigenvalue weighted by atomic mass is 32.2. The van der Waals surface area contributed by atoms with Gasteiger partial charge in [-0.1, -0.05) is 82.9 Å². The monoisotopic (exact) mass is 401 g/mol. The maximum absolute atomic E-state index is 12.2. The summed E-state index contributed by atoms with van der Waals surface area (Å²) < 4.78 is 1.74. The van der Waals surface area contributed by atoms with E-state index in [0.717, 1.165) is 25.7 Å². The minimum absolute atomic E-state index is 0.0318. The molecule has 1 aromatic heterocycles. The predicted octanol–water partition coefficient (Wildman–Crippen LogP) is 5.18. The third kappa shape index (κ3) is 5.59. The summed E-state index contributed by atoms with van der Waals surface area (Å²) >= 11 is 4.61. The fraction of sp³-hybridized carbons (Fsp3) is 0.211. The number of benzene rings is 2. The van der Waals surface area contributed by atoms with Crippen LogP contribution in [0.4, 0.5) is 5.69 Å². The van der Waals surface area contributed by atoms with Crippen LogP contribution in [0.2, 0.25) is 0 Å². The number of nitrogens with one attached hydrogen (secondary N) is 1. The largest absolute Gasteiger partial charge is 0.325 e. The van der Waals surface area contributed by atoms with Gasteiger partial charge in [0.1, 0.15) is 0 Å². The van der Waals surface area contributed by atoms with Crippen molar-refractivity contribution in [2.75, 3.05) is 11.1 Å². The number of thioether (sulfide) groups is 2. The maximum Gasteiger partial charge on any atom is 0.234 e. The van der Waals surface area contributed by atoms with E-state index in [2.05, 4.69) is 33.7 Å². The van der Waals surface area contributed by atoms with Gasteiger partial charge in [0.2, 0.25) is 5.91 Å². The average molecular weight is 402 g/mol. The first-order chi connectivity index (χ1) is 12.6. The van der Waals surface area contributed by atoms with Crippen LogP contribution in [0.15, 0.2) is 57.2 Å². The zero-order valence-electron chi connectivity index (χ0n) is 14.6. The van der Waals surface area contributed by atoms with E-state index in [1.165, 1.54) is 34.2 Å². The quantitative estimate of drug-likeness (QED) is 0.553. The minimum atomic E-state index is -0.0318. The van der Waals surface area contributed by atoms with Crippen LogP contribution in [0.25, 0.3) is 0 Å². The summed E-state index contributed by atoms with van der Waals surface area (Å²) in [4.78, 5) is 12.2. The summed E-state index contributed by atoms with van der Waals surface area (Å²) in [6, 6.07) is 16.3. The Bertz CT molecular complexity index is 881. The summed E-state index contributed by atoms with van der Waals surface area (Å²) in [6.07, 6.45) is 0. The zero-order valence-corrected chi connectivity index (χ0v) is 17.0. The van der Waals surface area contributed by atoms with E-state index in [4.69, 9.17) is 0 Å². The molecule has 0 spiro atoms. The van der Waals surface area contributed by atoms with Crippen molar-refractivity contribution in [2.24, 2.45) is 0 Å². The molecule has 0 fully saturated rings.